The van der Waals surface area contributed by atoms with E-state index < -0.39 is 5.97 Å². The standard InChI is InChI=1S/C14H19ClN2O3/c1-9(2)16-7-3-4-13(18)17-12-6-5-10(14(19)20)8-11(12)15/h5-6,8-9,16H,3-4,7H2,1-2H3,(H,17,18)(H,19,20). The van der Waals surface area contributed by atoms with Crippen molar-refractivity contribution in [2.45, 2.75) is 32.7 Å². The molecule has 0 heterocycles. The van der Waals surface area contributed by atoms with Crippen LogP contribution in [0.3, 0.4) is 0 Å². The lowest BCUT2D eigenvalue weighted by Crippen LogP contribution is -2.24. The highest BCUT2D eigenvalue weighted by atomic mass is 35.5. The lowest BCUT2D eigenvalue weighted by molar-refractivity contribution is -0.116. The molecule has 3 N–H and O–H groups in total. The molecule has 6 heteroatoms. The zero-order valence-corrected chi connectivity index (χ0v) is 12.3. The smallest absolute Gasteiger partial charge is 0.335 e. The molecule has 0 aromatic heterocycles. The maximum Gasteiger partial charge on any atom is 0.335 e. The SMILES string of the molecule is CC(C)NCCCC(=O)Nc1ccc(C(=O)O)cc1Cl. The Balaban J connectivity index is 2.48. The zero-order chi connectivity index (χ0) is 15.1. The molecule has 1 aromatic rings. The molecule has 0 bridgehead atoms. The number of aromatic carboxylic acids is 1. The molecule has 0 unspecified atom stereocenters. The fraction of sp³-hybridized carbons (Fsp3) is 0.429. The number of amides is 1. The molecule has 110 valence electrons. The van der Waals surface area contributed by atoms with Crippen LogP contribution in [-0.4, -0.2) is 29.6 Å². The van der Waals surface area contributed by atoms with Gasteiger partial charge in [0.25, 0.3) is 0 Å². The maximum absolute atomic E-state index is 11.7. The quantitative estimate of drug-likeness (QED) is 0.676. The zero-order valence-electron chi connectivity index (χ0n) is 11.6. The van der Waals surface area contributed by atoms with Crippen molar-refractivity contribution < 1.29 is 14.7 Å². The van der Waals surface area contributed by atoms with E-state index in [4.69, 9.17) is 16.7 Å². The average Bonchev–Trinajstić information content (AvgIpc) is 2.36. The molecule has 0 saturated carbocycles. The van der Waals surface area contributed by atoms with Gasteiger partial charge in [-0.1, -0.05) is 25.4 Å². The van der Waals surface area contributed by atoms with Crippen molar-refractivity contribution in [3.63, 3.8) is 0 Å². The molecule has 1 amide bonds. The first-order valence-corrected chi connectivity index (χ1v) is 6.84. The molecule has 0 aliphatic carbocycles. The third-order valence-electron chi connectivity index (χ3n) is 2.62. The van der Waals surface area contributed by atoms with E-state index in [9.17, 15) is 9.59 Å². The summed E-state index contributed by atoms with van der Waals surface area (Å²) in [4.78, 5) is 22.5. The summed E-state index contributed by atoms with van der Waals surface area (Å²) in [5.41, 5.74) is 0.521. The van der Waals surface area contributed by atoms with Gasteiger partial charge < -0.3 is 15.7 Å². The number of nitrogens with one attached hydrogen (secondary N) is 2. The average molecular weight is 299 g/mol. The number of halogens is 1. The normalized spacial score (nSPS) is 10.6. The molecule has 0 radical (unpaired) electrons. The van der Waals surface area contributed by atoms with Gasteiger partial charge in [-0.2, -0.15) is 0 Å². The minimum atomic E-state index is -1.05. The summed E-state index contributed by atoms with van der Waals surface area (Å²) in [7, 11) is 0. The number of rotatable bonds is 7. The van der Waals surface area contributed by atoms with E-state index in [-0.39, 0.29) is 16.5 Å². The molecule has 0 spiro atoms. The van der Waals surface area contributed by atoms with E-state index in [2.05, 4.69) is 10.6 Å². The van der Waals surface area contributed by atoms with Gasteiger partial charge in [0.15, 0.2) is 0 Å². The van der Waals surface area contributed by atoms with E-state index in [1.54, 1.807) is 0 Å². The van der Waals surface area contributed by atoms with Crippen molar-refractivity contribution in [1.29, 1.82) is 0 Å². The van der Waals surface area contributed by atoms with Crippen LogP contribution >= 0.6 is 11.6 Å². The van der Waals surface area contributed by atoms with Crippen LogP contribution in [0.4, 0.5) is 5.69 Å². The van der Waals surface area contributed by atoms with Crippen molar-refractivity contribution in [3.05, 3.63) is 28.8 Å². The molecule has 20 heavy (non-hydrogen) atoms. The fourth-order valence-electron chi connectivity index (χ4n) is 1.60. The summed E-state index contributed by atoms with van der Waals surface area (Å²) in [5, 5.41) is 14.9. The Kier molecular flexibility index (Phi) is 6.48. The Hall–Kier alpha value is -1.59. The Labute approximate surface area is 123 Å². The van der Waals surface area contributed by atoms with E-state index >= 15 is 0 Å². The number of benzene rings is 1. The predicted octanol–water partition coefficient (Wildman–Crippen LogP) is 2.75. The van der Waals surface area contributed by atoms with Crippen LogP contribution in [0.2, 0.25) is 5.02 Å². The van der Waals surface area contributed by atoms with Crippen molar-refractivity contribution in [3.8, 4) is 0 Å². The Morgan fingerprint density at radius 1 is 1.35 bits per heavy atom. The molecule has 1 aromatic carbocycles. The number of carboxylic acid groups (broad SMARTS) is 1. The second-order valence-electron chi connectivity index (χ2n) is 4.76. The summed E-state index contributed by atoms with van der Waals surface area (Å²) >= 11 is 5.93. The number of carbonyl (C=O) groups excluding carboxylic acids is 1. The Morgan fingerprint density at radius 3 is 2.60 bits per heavy atom. The maximum atomic E-state index is 11.7. The second kappa shape index (κ2) is 7.87. The first-order valence-electron chi connectivity index (χ1n) is 6.46. The number of carboxylic acids is 1. The summed E-state index contributed by atoms with van der Waals surface area (Å²) in [5.74, 6) is -1.19. The molecule has 0 saturated heterocycles. The molecular formula is C14H19ClN2O3. The number of hydrogen-bond donors (Lipinski definition) is 3. The van der Waals surface area contributed by atoms with Gasteiger partial charge in [0, 0.05) is 12.5 Å². The molecule has 5 nitrogen and oxygen atoms in total. The van der Waals surface area contributed by atoms with Gasteiger partial charge in [-0.25, -0.2) is 4.79 Å². The van der Waals surface area contributed by atoms with Crippen molar-refractivity contribution in [2.24, 2.45) is 0 Å². The van der Waals surface area contributed by atoms with Crippen LogP contribution in [0.25, 0.3) is 0 Å². The summed E-state index contributed by atoms with van der Waals surface area (Å²) in [6.07, 6.45) is 1.12. The number of anilines is 1. The van der Waals surface area contributed by atoms with Crippen LogP contribution < -0.4 is 10.6 Å². The molecule has 0 aliphatic rings. The van der Waals surface area contributed by atoms with E-state index in [0.29, 0.717) is 18.2 Å². The molecule has 0 atom stereocenters. The van der Waals surface area contributed by atoms with Gasteiger partial charge in [-0.05, 0) is 31.2 Å². The number of hydrogen-bond acceptors (Lipinski definition) is 3. The van der Waals surface area contributed by atoms with Crippen molar-refractivity contribution in [1.82, 2.24) is 5.32 Å². The highest BCUT2D eigenvalue weighted by Gasteiger charge is 2.09. The highest BCUT2D eigenvalue weighted by Crippen LogP contribution is 2.23. The minimum absolute atomic E-state index is 0.0918. The largest absolute Gasteiger partial charge is 0.478 e. The predicted molar refractivity (Wildman–Crippen MR) is 79.4 cm³/mol. The summed E-state index contributed by atoms with van der Waals surface area (Å²) in [6, 6.07) is 4.62. The van der Waals surface area contributed by atoms with E-state index in [1.165, 1.54) is 18.2 Å². The highest BCUT2D eigenvalue weighted by molar-refractivity contribution is 6.34. The Morgan fingerprint density at radius 2 is 2.05 bits per heavy atom. The third kappa shape index (κ3) is 5.59. The van der Waals surface area contributed by atoms with Crippen LogP contribution in [-0.2, 0) is 4.79 Å². The third-order valence-corrected chi connectivity index (χ3v) is 2.94. The van der Waals surface area contributed by atoms with Crippen molar-refractivity contribution >= 4 is 29.2 Å². The van der Waals surface area contributed by atoms with E-state index in [0.717, 1.165) is 13.0 Å². The fourth-order valence-corrected chi connectivity index (χ4v) is 1.83. The first-order chi connectivity index (χ1) is 9.40. The molecule has 0 aliphatic heterocycles. The van der Waals surface area contributed by atoms with Crippen molar-refractivity contribution in [2.75, 3.05) is 11.9 Å². The van der Waals surface area contributed by atoms with Crippen LogP contribution in [0, 0.1) is 0 Å². The van der Waals surface area contributed by atoms with Gasteiger partial charge in [0.05, 0.1) is 16.3 Å². The van der Waals surface area contributed by atoms with Crippen LogP contribution in [0.5, 0.6) is 0 Å². The lowest BCUT2D eigenvalue weighted by atomic mass is 10.2. The van der Waals surface area contributed by atoms with E-state index in [1.807, 2.05) is 13.8 Å². The van der Waals surface area contributed by atoms with Crippen LogP contribution in [0.15, 0.2) is 18.2 Å². The lowest BCUT2D eigenvalue weighted by Gasteiger charge is -2.09. The van der Waals surface area contributed by atoms with Crippen LogP contribution in [0.1, 0.15) is 37.0 Å². The number of carbonyl (C=O) groups is 2. The summed E-state index contributed by atoms with van der Waals surface area (Å²) < 4.78 is 0. The molecule has 1 rings (SSSR count). The second-order valence-corrected chi connectivity index (χ2v) is 5.17. The molecular weight excluding hydrogens is 280 g/mol. The van der Waals surface area contributed by atoms with Gasteiger partial charge in [-0.15, -0.1) is 0 Å². The summed E-state index contributed by atoms with van der Waals surface area (Å²) in [6.45, 7) is 4.87. The topological polar surface area (TPSA) is 78.4 Å². The van der Waals surface area contributed by atoms with Gasteiger partial charge in [-0.3, -0.25) is 4.79 Å². The molecule has 0 fully saturated rings. The Bertz CT molecular complexity index is 489. The van der Waals surface area contributed by atoms with Gasteiger partial charge >= 0.3 is 5.97 Å². The van der Waals surface area contributed by atoms with Gasteiger partial charge in [0.1, 0.15) is 0 Å². The monoisotopic (exact) mass is 298 g/mol. The first kappa shape index (κ1) is 16.5. The minimum Gasteiger partial charge on any atom is -0.478 e. The van der Waals surface area contributed by atoms with Gasteiger partial charge in [0.2, 0.25) is 5.91 Å².